The molecule has 5 heteroatoms. The maximum atomic E-state index is 12.4. The highest BCUT2D eigenvalue weighted by Gasteiger charge is 2.47. The number of rotatable bonds is 9. The molecule has 136 valence electrons. The maximum Gasteiger partial charge on any atom is 0.233 e. The number of carbonyl (C=O) groups excluding carboxylic acids is 3. The molecular formula is C19H32N2O3. The number of likely N-dealkylation sites (tertiary alicyclic amines) is 1. The van der Waals surface area contributed by atoms with Crippen molar-refractivity contribution in [2.75, 3.05) is 13.1 Å². The Morgan fingerprint density at radius 1 is 1.17 bits per heavy atom. The fourth-order valence-electron chi connectivity index (χ4n) is 3.95. The molecule has 0 aromatic rings. The van der Waals surface area contributed by atoms with Crippen LogP contribution >= 0.6 is 0 Å². The van der Waals surface area contributed by atoms with Crippen molar-refractivity contribution in [3.63, 3.8) is 0 Å². The van der Waals surface area contributed by atoms with Crippen LogP contribution in [0.4, 0.5) is 0 Å². The van der Waals surface area contributed by atoms with Gasteiger partial charge < -0.3 is 5.32 Å². The highest BCUT2D eigenvalue weighted by atomic mass is 16.2. The van der Waals surface area contributed by atoms with E-state index in [0.717, 1.165) is 38.5 Å². The van der Waals surface area contributed by atoms with Gasteiger partial charge in [-0.05, 0) is 25.2 Å². The first-order chi connectivity index (χ1) is 11.6. The van der Waals surface area contributed by atoms with Crippen LogP contribution in [0.5, 0.6) is 0 Å². The Labute approximate surface area is 145 Å². The quantitative estimate of drug-likeness (QED) is 0.658. The lowest BCUT2D eigenvalue weighted by molar-refractivity contribution is -0.140. The van der Waals surface area contributed by atoms with E-state index in [2.05, 4.69) is 19.2 Å². The second kappa shape index (κ2) is 9.19. The zero-order valence-corrected chi connectivity index (χ0v) is 15.2. The van der Waals surface area contributed by atoms with Crippen molar-refractivity contribution in [2.45, 2.75) is 71.6 Å². The van der Waals surface area contributed by atoms with Crippen LogP contribution in [0.15, 0.2) is 0 Å². The molecule has 0 radical (unpaired) electrons. The van der Waals surface area contributed by atoms with E-state index in [1.807, 2.05) is 0 Å². The molecule has 3 atom stereocenters. The van der Waals surface area contributed by atoms with E-state index >= 15 is 0 Å². The Bertz CT molecular complexity index is 440. The molecule has 0 aromatic heterocycles. The van der Waals surface area contributed by atoms with Crippen LogP contribution in [0, 0.1) is 17.8 Å². The molecule has 1 N–H and O–H groups in total. The van der Waals surface area contributed by atoms with E-state index in [1.165, 1.54) is 17.7 Å². The van der Waals surface area contributed by atoms with Crippen molar-refractivity contribution < 1.29 is 14.4 Å². The number of hydrogen-bond donors (Lipinski definition) is 1. The first-order valence-corrected chi connectivity index (χ1v) is 9.70. The molecule has 0 bridgehead atoms. The van der Waals surface area contributed by atoms with Crippen molar-refractivity contribution in [1.82, 2.24) is 10.2 Å². The molecule has 2 fully saturated rings. The van der Waals surface area contributed by atoms with E-state index in [9.17, 15) is 14.4 Å². The number of fused-ring (bicyclic) bond motifs is 1. The molecule has 1 saturated carbocycles. The minimum absolute atomic E-state index is 0.0492. The summed E-state index contributed by atoms with van der Waals surface area (Å²) < 4.78 is 0. The van der Waals surface area contributed by atoms with Crippen molar-refractivity contribution in [2.24, 2.45) is 17.8 Å². The summed E-state index contributed by atoms with van der Waals surface area (Å²) in [5.41, 5.74) is 0. The number of unbranched alkanes of at least 4 members (excludes halogenated alkanes) is 1. The van der Waals surface area contributed by atoms with Gasteiger partial charge in [0.25, 0.3) is 0 Å². The van der Waals surface area contributed by atoms with E-state index < -0.39 is 0 Å². The second-order valence-corrected chi connectivity index (χ2v) is 7.30. The topological polar surface area (TPSA) is 66.5 Å². The summed E-state index contributed by atoms with van der Waals surface area (Å²) in [6, 6.07) is 0. The third kappa shape index (κ3) is 4.58. The summed E-state index contributed by atoms with van der Waals surface area (Å²) in [4.78, 5) is 38.1. The Balaban J connectivity index is 1.75. The number of amides is 3. The van der Waals surface area contributed by atoms with Gasteiger partial charge in [-0.15, -0.1) is 0 Å². The molecule has 1 saturated heterocycles. The summed E-state index contributed by atoms with van der Waals surface area (Å²) in [5.74, 6) is 0.131. The first kappa shape index (κ1) is 18.9. The van der Waals surface area contributed by atoms with Gasteiger partial charge in [0.05, 0.1) is 11.8 Å². The molecule has 3 amide bonds. The van der Waals surface area contributed by atoms with E-state index in [0.29, 0.717) is 12.5 Å². The minimum atomic E-state index is -0.118. The standard InChI is InChI=1S/C19H32N2O3/c1-3-5-8-14(4-2)13-20-17(22)11-12-21-18(23)15-9-6-7-10-16(15)19(21)24/h14-16H,3-13H2,1-2H3,(H,20,22). The van der Waals surface area contributed by atoms with Crippen LogP contribution in [0.1, 0.15) is 71.6 Å². The smallest absolute Gasteiger partial charge is 0.233 e. The van der Waals surface area contributed by atoms with Gasteiger partial charge >= 0.3 is 0 Å². The van der Waals surface area contributed by atoms with Crippen molar-refractivity contribution in [3.8, 4) is 0 Å². The molecule has 0 spiro atoms. The maximum absolute atomic E-state index is 12.4. The number of nitrogens with one attached hydrogen (secondary N) is 1. The van der Waals surface area contributed by atoms with Crippen LogP contribution in [0.2, 0.25) is 0 Å². The number of hydrogen-bond acceptors (Lipinski definition) is 3. The molecule has 24 heavy (non-hydrogen) atoms. The van der Waals surface area contributed by atoms with Crippen LogP contribution < -0.4 is 5.32 Å². The number of carbonyl (C=O) groups is 3. The predicted molar refractivity (Wildman–Crippen MR) is 93.1 cm³/mol. The predicted octanol–water partition coefficient (Wildman–Crippen LogP) is 2.88. The highest BCUT2D eigenvalue weighted by molar-refractivity contribution is 6.05. The highest BCUT2D eigenvalue weighted by Crippen LogP contribution is 2.37. The first-order valence-electron chi connectivity index (χ1n) is 9.70. The van der Waals surface area contributed by atoms with E-state index in [1.54, 1.807) is 0 Å². The van der Waals surface area contributed by atoms with Gasteiger partial charge in [0, 0.05) is 19.5 Å². The van der Waals surface area contributed by atoms with Crippen LogP contribution in [0.3, 0.4) is 0 Å². The molecule has 3 unspecified atom stereocenters. The molecule has 1 aliphatic carbocycles. The van der Waals surface area contributed by atoms with Crippen LogP contribution in [-0.4, -0.2) is 35.7 Å². The van der Waals surface area contributed by atoms with Crippen molar-refractivity contribution >= 4 is 17.7 Å². The molecule has 1 aliphatic heterocycles. The van der Waals surface area contributed by atoms with E-state index in [4.69, 9.17) is 0 Å². The largest absolute Gasteiger partial charge is 0.356 e. The lowest BCUT2D eigenvalue weighted by atomic mass is 9.81. The van der Waals surface area contributed by atoms with Gasteiger partial charge in [-0.1, -0.05) is 46.0 Å². The normalized spacial score (nSPS) is 24.8. The van der Waals surface area contributed by atoms with Gasteiger partial charge in [-0.2, -0.15) is 0 Å². The molecule has 0 aromatic carbocycles. The fourth-order valence-corrected chi connectivity index (χ4v) is 3.95. The summed E-state index contributed by atoms with van der Waals surface area (Å²) in [7, 11) is 0. The van der Waals surface area contributed by atoms with Crippen molar-refractivity contribution in [3.05, 3.63) is 0 Å². The number of imide groups is 1. The third-order valence-corrected chi connectivity index (χ3v) is 5.63. The second-order valence-electron chi connectivity index (χ2n) is 7.30. The van der Waals surface area contributed by atoms with Crippen LogP contribution in [-0.2, 0) is 14.4 Å². The monoisotopic (exact) mass is 336 g/mol. The Morgan fingerprint density at radius 2 is 1.79 bits per heavy atom. The van der Waals surface area contributed by atoms with Gasteiger partial charge in [0.2, 0.25) is 17.7 Å². The molecule has 2 rings (SSSR count). The molecule has 1 heterocycles. The average molecular weight is 336 g/mol. The summed E-state index contributed by atoms with van der Waals surface area (Å²) >= 11 is 0. The molecular weight excluding hydrogens is 304 g/mol. The van der Waals surface area contributed by atoms with Gasteiger partial charge in [-0.3, -0.25) is 19.3 Å². The van der Waals surface area contributed by atoms with Crippen molar-refractivity contribution in [1.29, 1.82) is 0 Å². The van der Waals surface area contributed by atoms with Crippen LogP contribution in [0.25, 0.3) is 0 Å². The summed E-state index contributed by atoms with van der Waals surface area (Å²) in [6.45, 7) is 5.26. The fraction of sp³-hybridized carbons (Fsp3) is 0.842. The lowest BCUT2D eigenvalue weighted by Crippen LogP contribution is -2.36. The molecule has 5 nitrogen and oxygen atoms in total. The lowest BCUT2D eigenvalue weighted by Gasteiger charge is -2.19. The SMILES string of the molecule is CCCCC(CC)CNC(=O)CCN1C(=O)C2CCCCC2C1=O. The Morgan fingerprint density at radius 3 is 2.33 bits per heavy atom. The van der Waals surface area contributed by atoms with Gasteiger partial charge in [0.15, 0.2) is 0 Å². The van der Waals surface area contributed by atoms with E-state index in [-0.39, 0.29) is 42.5 Å². The zero-order chi connectivity index (χ0) is 17.5. The summed E-state index contributed by atoms with van der Waals surface area (Å²) in [6.07, 6.45) is 8.50. The Hall–Kier alpha value is -1.39. The third-order valence-electron chi connectivity index (χ3n) is 5.63. The zero-order valence-electron chi connectivity index (χ0n) is 15.2. The number of nitrogens with zero attached hydrogens (tertiary/aromatic N) is 1. The van der Waals surface area contributed by atoms with Gasteiger partial charge in [0.1, 0.15) is 0 Å². The molecule has 2 aliphatic rings. The van der Waals surface area contributed by atoms with Gasteiger partial charge in [-0.25, -0.2) is 0 Å². The minimum Gasteiger partial charge on any atom is -0.356 e. The Kier molecular flexibility index (Phi) is 7.25. The average Bonchev–Trinajstić information content (AvgIpc) is 2.84. The summed E-state index contributed by atoms with van der Waals surface area (Å²) in [5, 5.41) is 2.97.